The molecular weight excluding hydrogens is 342 g/mol. The van der Waals surface area contributed by atoms with Crippen LogP contribution in [-0.4, -0.2) is 37.1 Å². The Kier molecular flexibility index (Phi) is 4.74. The van der Waals surface area contributed by atoms with E-state index in [-0.39, 0.29) is 16.4 Å². The van der Waals surface area contributed by atoms with Gasteiger partial charge in [-0.15, -0.1) is 0 Å². The van der Waals surface area contributed by atoms with E-state index in [2.05, 4.69) is 12.1 Å². The molecule has 1 aliphatic heterocycles. The summed E-state index contributed by atoms with van der Waals surface area (Å²) in [6, 6.07) is 11.3. The van der Waals surface area contributed by atoms with E-state index < -0.39 is 0 Å². The van der Waals surface area contributed by atoms with Crippen molar-refractivity contribution in [3.63, 3.8) is 0 Å². The van der Waals surface area contributed by atoms with Crippen molar-refractivity contribution in [3.05, 3.63) is 58.3 Å². The lowest BCUT2D eigenvalue weighted by Crippen LogP contribution is -2.51. The molecule has 1 heterocycles. The van der Waals surface area contributed by atoms with Crippen molar-refractivity contribution in [1.82, 2.24) is 0 Å². The molecule has 5 nitrogen and oxygen atoms in total. The molecule has 27 heavy (non-hydrogen) atoms. The van der Waals surface area contributed by atoms with E-state index in [9.17, 15) is 10.3 Å². The van der Waals surface area contributed by atoms with Gasteiger partial charge in [-0.05, 0) is 54.3 Å². The number of benzene rings is 2. The van der Waals surface area contributed by atoms with E-state index in [0.717, 1.165) is 23.3 Å². The Bertz CT molecular complexity index is 833. The fourth-order valence-electron chi connectivity index (χ4n) is 4.29. The standard InChI is InChI=1S/C22H27NO4/c1-26-18-6-7-19-17(13-18)9-10-23(25,14-15-3-4-15)20(19)11-16-5-8-22(27-2)21(24)12-16/h5-8,12-13,15,20,24H,3-4,9-11,14H2,1-2H3/t20-,23?/m1/s1. The van der Waals surface area contributed by atoms with Crippen LogP contribution < -0.4 is 9.47 Å². The summed E-state index contributed by atoms with van der Waals surface area (Å²) in [6.07, 6.45) is 3.74. The van der Waals surface area contributed by atoms with Crippen molar-refractivity contribution < 1.29 is 19.2 Å². The van der Waals surface area contributed by atoms with Gasteiger partial charge < -0.3 is 24.4 Å². The Labute approximate surface area is 160 Å². The highest BCUT2D eigenvalue weighted by Crippen LogP contribution is 2.43. The minimum atomic E-state index is -0.170. The second-order valence-corrected chi connectivity index (χ2v) is 7.84. The Morgan fingerprint density at radius 2 is 1.93 bits per heavy atom. The minimum absolute atomic E-state index is 0.118. The van der Waals surface area contributed by atoms with Crippen molar-refractivity contribution in [2.75, 3.05) is 27.3 Å². The first-order chi connectivity index (χ1) is 13.0. The molecule has 2 aromatic carbocycles. The van der Waals surface area contributed by atoms with Gasteiger partial charge in [0.15, 0.2) is 11.5 Å². The van der Waals surface area contributed by atoms with Gasteiger partial charge in [0.2, 0.25) is 0 Å². The molecule has 2 atom stereocenters. The van der Waals surface area contributed by atoms with Gasteiger partial charge in [-0.25, -0.2) is 0 Å². The maximum absolute atomic E-state index is 13.9. The number of methoxy groups -OCH3 is 2. The van der Waals surface area contributed by atoms with Crippen LogP contribution in [-0.2, 0) is 12.8 Å². The van der Waals surface area contributed by atoms with Gasteiger partial charge in [0, 0.05) is 24.3 Å². The van der Waals surface area contributed by atoms with E-state index in [0.29, 0.717) is 31.2 Å². The molecule has 0 bridgehead atoms. The van der Waals surface area contributed by atoms with Crippen LogP contribution in [0.3, 0.4) is 0 Å². The number of ether oxygens (including phenoxy) is 2. The number of fused-ring (bicyclic) bond motifs is 1. The highest BCUT2D eigenvalue weighted by Gasteiger charge is 2.40. The molecular formula is C22H27NO4. The third kappa shape index (κ3) is 3.62. The van der Waals surface area contributed by atoms with Gasteiger partial charge in [0.1, 0.15) is 11.8 Å². The number of phenolic OH excluding ortho intramolecular Hbond substituents is 1. The maximum atomic E-state index is 13.9. The SMILES string of the molecule is COc1ccc2c(c1)CC[N+]([O-])(CC1CC1)[C@@H]2Cc1ccc(OC)c(O)c1. The van der Waals surface area contributed by atoms with E-state index in [1.54, 1.807) is 19.2 Å². The second kappa shape index (κ2) is 7.06. The van der Waals surface area contributed by atoms with Gasteiger partial charge in [0.05, 0.1) is 27.3 Å². The highest BCUT2D eigenvalue weighted by molar-refractivity contribution is 5.43. The van der Waals surface area contributed by atoms with Crippen LogP contribution >= 0.6 is 0 Å². The first kappa shape index (κ1) is 18.1. The van der Waals surface area contributed by atoms with Crippen molar-refractivity contribution in [1.29, 1.82) is 0 Å². The lowest BCUT2D eigenvalue weighted by atomic mass is 9.87. The molecule has 0 amide bonds. The summed E-state index contributed by atoms with van der Waals surface area (Å²) >= 11 is 0. The molecule has 0 aromatic heterocycles. The van der Waals surface area contributed by atoms with Gasteiger partial charge in [-0.2, -0.15) is 0 Å². The Balaban J connectivity index is 1.69. The average Bonchev–Trinajstić information content (AvgIpc) is 3.47. The highest BCUT2D eigenvalue weighted by atomic mass is 16.5. The number of phenols is 1. The first-order valence-corrected chi connectivity index (χ1v) is 9.63. The molecule has 4 rings (SSSR count). The summed E-state index contributed by atoms with van der Waals surface area (Å²) in [5.41, 5.74) is 3.28. The van der Waals surface area contributed by atoms with Gasteiger partial charge in [-0.1, -0.05) is 6.07 Å². The van der Waals surface area contributed by atoms with E-state index >= 15 is 0 Å². The minimum Gasteiger partial charge on any atom is -0.632 e. The van der Waals surface area contributed by atoms with Crippen LogP contribution in [0.1, 0.15) is 35.6 Å². The van der Waals surface area contributed by atoms with Crippen LogP contribution in [0.2, 0.25) is 0 Å². The summed E-state index contributed by atoms with van der Waals surface area (Å²) in [5, 5.41) is 24.0. The molecule has 1 saturated carbocycles. The van der Waals surface area contributed by atoms with Crippen molar-refractivity contribution in [2.45, 2.75) is 31.7 Å². The summed E-state index contributed by atoms with van der Waals surface area (Å²) in [7, 11) is 3.21. The number of quaternary nitrogens is 1. The van der Waals surface area contributed by atoms with E-state index in [4.69, 9.17) is 9.47 Å². The van der Waals surface area contributed by atoms with Crippen molar-refractivity contribution in [3.8, 4) is 17.2 Å². The van der Waals surface area contributed by atoms with Gasteiger partial charge in [-0.3, -0.25) is 0 Å². The Hall–Kier alpha value is -2.24. The topological polar surface area (TPSA) is 61.8 Å². The first-order valence-electron chi connectivity index (χ1n) is 9.63. The zero-order valence-electron chi connectivity index (χ0n) is 16.0. The number of nitrogens with zero attached hydrogens (tertiary/aromatic N) is 1. The Morgan fingerprint density at radius 3 is 2.59 bits per heavy atom. The molecule has 144 valence electrons. The maximum Gasteiger partial charge on any atom is 0.160 e. The fourth-order valence-corrected chi connectivity index (χ4v) is 4.29. The quantitative estimate of drug-likeness (QED) is 0.618. The van der Waals surface area contributed by atoms with Crippen molar-refractivity contribution >= 4 is 0 Å². The lowest BCUT2D eigenvalue weighted by Gasteiger charge is -2.52. The summed E-state index contributed by atoms with van der Waals surface area (Å²) in [4.78, 5) is 0. The van der Waals surface area contributed by atoms with Crippen LogP contribution in [0.25, 0.3) is 0 Å². The predicted molar refractivity (Wildman–Crippen MR) is 104 cm³/mol. The zero-order chi connectivity index (χ0) is 19.0. The molecule has 0 radical (unpaired) electrons. The number of hydroxylamine groups is 3. The van der Waals surface area contributed by atoms with Gasteiger partial charge in [0.25, 0.3) is 0 Å². The monoisotopic (exact) mass is 369 g/mol. The van der Waals surface area contributed by atoms with Gasteiger partial charge >= 0.3 is 0 Å². The predicted octanol–water partition coefficient (Wildman–Crippen LogP) is 3.97. The van der Waals surface area contributed by atoms with Crippen molar-refractivity contribution in [2.24, 2.45) is 5.92 Å². The number of aromatic hydroxyl groups is 1. The molecule has 1 N–H and O–H groups in total. The second-order valence-electron chi connectivity index (χ2n) is 7.84. The molecule has 0 spiro atoms. The van der Waals surface area contributed by atoms with E-state index in [1.807, 2.05) is 12.1 Å². The average molecular weight is 369 g/mol. The smallest absolute Gasteiger partial charge is 0.160 e. The molecule has 2 aliphatic rings. The summed E-state index contributed by atoms with van der Waals surface area (Å²) < 4.78 is 10.3. The molecule has 5 heteroatoms. The Morgan fingerprint density at radius 1 is 1.11 bits per heavy atom. The number of rotatable bonds is 6. The lowest BCUT2D eigenvalue weighted by molar-refractivity contribution is -0.915. The largest absolute Gasteiger partial charge is 0.632 e. The molecule has 1 aliphatic carbocycles. The molecule has 0 saturated heterocycles. The zero-order valence-corrected chi connectivity index (χ0v) is 16.0. The van der Waals surface area contributed by atoms with E-state index in [1.165, 1.54) is 25.5 Å². The summed E-state index contributed by atoms with van der Waals surface area (Å²) in [6.45, 7) is 1.29. The fraction of sp³-hybridized carbons (Fsp3) is 0.455. The van der Waals surface area contributed by atoms with Crippen LogP contribution in [0, 0.1) is 11.1 Å². The third-order valence-electron chi connectivity index (χ3n) is 5.97. The third-order valence-corrected chi connectivity index (χ3v) is 5.97. The van der Waals surface area contributed by atoms with Crippen LogP contribution in [0.5, 0.6) is 17.2 Å². The summed E-state index contributed by atoms with van der Waals surface area (Å²) in [5.74, 6) is 1.97. The van der Waals surface area contributed by atoms with Crippen LogP contribution in [0.4, 0.5) is 0 Å². The normalized spacial score (nSPS) is 24.3. The molecule has 2 aromatic rings. The van der Waals surface area contributed by atoms with Crippen LogP contribution in [0.15, 0.2) is 36.4 Å². The number of hydrogen-bond donors (Lipinski definition) is 1. The molecule has 1 fully saturated rings. The molecule has 1 unspecified atom stereocenters. The number of hydrogen-bond acceptors (Lipinski definition) is 4.